The molecular formula is C23H19F3N2O2. The first kappa shape index (κ1) is 21.2. The summed E-state index contributed by atoms with van der Waals surface area (Å²) < 4.78 is 38.2. The minimum atomic E-state index is -4.41. The lowest BCUT2D eigenvalue weighted by Crippen LogP contribution is -2.38. The first-order valence-electron chi connectivity index (χ1n) is 9.26. The van der Waals surface area contributed by atoms with E-state index in [1.165, 1.54) is 17.0 Å². The third-order valence-electron chi connectivity index (χ3n) is 4.55. The van der Waals surface area contributed by atoms with Crippen LogP contribution in [0, 0.1) is 6.92 Å². The monoisotopic (exact) mass is 412 g/mol. The van der Waals surface area contributed by atoms with Crippen LogP contribution in [0.15, 0.2) is 72.9 Å². The number of halogens is 3. The number of anilines is 1. The molecule has 1 amide bonds. The summed E-state index contributed by atoms with van der Waals surface area (Å²) in [5, 5.41) is 0. The molecule has 0 fully saturated rings. The number of aryl methyl sites for hydroxylation is 1. The second kappa shape index (κ2) is 8.90. The Bertz CT molecular complexity index is 1020. The number of benzene rings is 2. The van der Waals surface area contributed by atoms with Crippen LogP contribution in [-0.4, -0.2) is 23.2 Å². The molecule has 4 nitrogen and oxygen atoms in total. The maximum atomic E-state index is 12.9. The first-order valence-corrected chi connectivity index (χ1v) is 9.26. The second-order valence-corrected chi connectivity index (χ2v) is 6.79. The number of carbonyl (C=O) groups is 2. The molecule has 3 aromatic rings. The van der Waals surface area contributed by atoms with Crippen LogP contribution in [0.4, 0.5) is 19.0 Å². The predicted octanol–water partition coefficient (Wildman–Crippen LogP) is 4.87. The summed E-state index contributed by atoms with van der Waals surface area (Å²) in [6.07, 6.45) is -2.56. The van der Waals surface area contributed by atoms with Crippen molar-refractivity contribution in [1.29, 1.82) is 0 Å². The van der Waals surface area contributed by atoms with E-state index in [1.807, 2.05) is 6.92 Å². The van der Waals surface area contributed by atoms with Crippen LogP contribution in [0.2, 0.25) is 0 Å². The molecule has 0 aliphatic rings. The van der Waals surface area contributed by atoms with Gasteiger partial charge in [-0.15, -0.1) is 0 Å². The summed E-state index contributed by atoms with van der Waals surface area (Å²) in [5.74, 6) is -1.11. The normalized spacial score (nSPS) is 11.2. The summed E-state index contributed by atoms with van der Waals surface area (Å²) in [4.78, 5) is 31.1. The molecule has 0 atom stereocenters. The Kier molecular flexibility index (Phi) is 6.30. The highest BCUT2D eigenvalue weighted by molar-refractivity contribution is 6.47. The predicted molar refractivity (Wildman–Crippen MR) is 107 cm³/mol. The first-order chi connectivity index (χ1) is 14.3. The number of hydrogen-bond acceptors (Lipinski definition) is 3. The Labute approximate surface area is 172 Å². The van der Waals surface area contributed by atoms with E-state index in [9.17, 15) is 22.8 Å². The lowest BCUT2D eigenvalue weighted by molar-refractivity contribution is -0.137. The summed E-state index contributed by atoms with van der Waals surface area (Å²) in [6.45, 7) is 1.94. The molecule has 30 heavy (non-hydrogen) atoms. The van der Waals surface area contributed by atoms with Gasteiger partial charge in [-0.1, -0.05) is 48.5 Å². The van der Waals surface area contributed by atoms with Crippen molar-refractivity contribution in [2.24, 2.45) is 0 Å². The van der Waals surface area contributed by atoms with Gasteiger partial charge in [0.2, 0.25) is 0 Å². The zero-order valence-electron chi connectivity index (χ0n) is 16.2. The molecule has 0 N–H and O–H groups in total. The Morgan fingerprint density at radius 1 is 0.933 bits per heavy atom. The third-order valence-corrected chi connectivity index (χ3v) is 4.55. The molecule has 1 heterocycles. The molecule has 0 spiro atoms. The van der Waals surface area contributed by atoms with Crippen LogP contribution in [0.3, 0.4) is 0 Å². The van der Waals surface area contributed by atoms with Gasteiger partial charge in [0.1, 0.15) is 5.82 Å². The van der Waals surface area contributed by atoms with Gasteiger partial charge in [-0.2, -0.15) is 13.2 Å². The van der Waals surface area contributed by atoms with Crippen LogP contribution in [0.1, 0.15) is 27.0 Å². The van der Waals surface area contributed by atoms with Gasteiger partial charge in [-0.05, 0) is 42.7 Å². The van der Waals surface area contributed by atoms with Crippen LogP contribution in [0.25, 0.3) is 0 Å². The van der Waals surface area contributed by atoms with E-state index in [1.54, 1.807) is 48.7 Å². The minimum Gasteiger partial charge on any atom is -0.289 e. The number of amides is 1. The van der Waals surface area contributed by atoms with Gasteiger partial charge in [0.05, 0.1) is 5.56 Å². The number of rotatable bonds is 6. The van der Waals surface area contributed by atoms with Crippen molar-refractivity contribution < 1.29 is 22.8 Å². The average Bonchev–Trinajstić information content (AvgIpc) is 2.74. The molecule has 0 unspecified atom stereocenters. The van der Waals surface area contributed by atoms with Crippen molar-refractivity contribution in [2.75, 3.05) is 11.4 Å². The quantitative estimate of drug-likeness (QED) is 0.429. The van der Waals surface area contributed by atoms with Gasteiger partial charge in [-0.25, -0.2) is 4.98 Å². The van der Waals surface area contributed by atoms with E-state index in [2.05, 4.69) is 4.98 Å². The Morgan fingerprint density at radius 2 is 1.60 bits per heavy atom. The summed E-state index contributed by atoms with van der Waals surface area (Å²) >= 11 is 0. The average molecular weight is 412 g/mol. The van der Waals surface area contributed by atoms with E-state index < -0.39 is 23.4 Å². The van der Waals surface area contributed by atoms with Gasteiger partial charge in [-0.3, -0.25) is 14.5 Å². The van der Waals surface area contributed by atoms with Gasteiger partial charge >= 0.3 is 12.1 Å². The van der Waals surface area contributed by atoms with E-state index >= 15 is 0 Å². The highest BCUT2D eigenvalue weighted by Crippen LogP contribution is 2.29. The SMILES string of the molecule is Cc1ccc(N(CCc2ccc(C(F)(F)F)cc2)C(=O)C(=O)c2ccccc2)nc1. The maximum Gasteiger partial charge on any atom is 0.416 e. The number of pyridine rings is 1. The van der Waals surface area contributed by atoms with E-state index in [0.29, 0.717) is 11.4 Å². The largest absolute Gasteiger partial charge is 0.416 e. The van der Waals surface area contributed by atoms with Crippen molar-refractivity contribution in [2.45, 2.75) is 19.5 Å². The standard InChI is InChI=1S/C23H19F3N2O2/c1-16-7-12-20(27-15-16)28(22(30)21(29)18-5-3-2-4-6-18)14-13-17-8-10-19(11-9-17)23(24,25)26/h2-12,15H,13-14H2,1H3. The molecule has 2 aromatic carbocycles. The fourth-order valence-electron chi connectivity index (χ4n) is 2.88. The molecule has 0 saturated carbocycles. The molecule has 154 valence electrons. The number of Topliss-reactive ketones (excluding diaryl/α,β-unsaturated/α-hetero) is 1. The summed E-state index contributed by atoms with van der Waals surface area (Å²) in [6, 6.07) is 16.3. The molecule has 0 aliphatic carbocycles. The molecule has 3 rings (SSSR count). The van der Waals surface area contributed by atoms with E-state index in [-0.39, 0.29) is 18.5 Å². The van der Waals surface area contributed by atoms with Crippen molar-refractivity contribution in [1.82, 2.24) is 4.98 Å². The van der Waals surface area contributed by atoms with Crippen LogP contribution >= 0.6 is 0 Å². The number of hydrogen-bond donors (Lipinski definition) is 0. The lowest BCUT2D eigenvalue weighted by Gasteiger charge is -2.21. The van der Waals surface area contributed by atoms with Crippen molar-refractivity contribution in [3.63, 3.8) is 0 Å². The number of ketones is 1. The number of aromatic nitrogens is 1. The number of alkyl halides is 3. The summed E-state index contributed by atoms with van der Waals surface area (Å²) in [5.41, 5.74) is 1.02. The third kappa shape index (κ3) is 5.11. The second-order valence-electron chi connectivity index (χ2n) is 6.79. The Balaban J connectivity index is 1.82. The molecule has 0 bridgehead atoms. The van der Waals surface area contributed by atoms with Gasteiger partial charge in [0.15, 0.2) is 0 Å². The van der Waals surface area contributed by atoms with Crippen molar-refractivity contribution in [3.8, 4) is 0 Å². The minimum absolute atomic E-state index is 0.0961. The molecule has 1 aromatic heterocycles. The molecule has 0 aliphatic heterocycles. The molecule has 7 heteroatoms. The maximum absolute atomic E-state index is 12.9. The fraction of sp³-hybridized carbons (Fsp3) is 0.174. The lowest BCUT2D eigenvalue weighted by atomic mass is 10.1. The van der Waals surface area contributed by atoms with Gasteiger partial charge < -0.3 is 0 Å². The number of carbonyl (C=O) groups excluding carboxylic acids is 2. The molecule has 0 radical (unpaired) electrons. The highest BCUT2D eigenvalue weighted by atomic mass is 19.4. The Morgan fingerprint density at radius 3 is 2.17 bits per heavy atom. The number of nitrogens with zero attached hydrogens (tertiary/aromatic N) is 2. The van der Waals surface area contributed by atoms with Crippen LogP contribution in [0.5, 0.6) is 0 Å². The smallest absolute Gasteiger partial charge is 0.289 e. The zero-order chi connectivity index (χ0) is 21.7. The topological polar surface area (TPSA) is 50.3 Å². The van der Waals surface area contributed by atoms with Gasteiger partial charge in [0, 0.05) is 18.3 Å². The van der Waals surface area contributed by atoms with Gasteiger partial charge in [0.25, 0.3) is 5.78 Å². The van der Waals surface area contributed by atoms with E-state index in [4.69, 9.17) is 0 Å². The molecular weight excluding hydrogens is 393 g/mol. The van der Waals surface area contributed by atoms with Crippen molar-refractivity contribution >= 4 is 17.5 Å². The fourth-order valence-corrected chi connectivity index (χ4v) is 2.88. The van der Waals surface area contributed by atoms with Crippen LogP contribution in [-0.2, 0) is 17.4 Å². The Hall–Kier alpha value is -3.48. The molecule has 0 saturated heterocycles. The summed E-state index contributed by atoms with van der Waals surface area (Å²) in [7, 11) is 0. The van der Waals surface area contributed by atoms with E-state index in [0.717, 1.165) is 17.7 Å². The zero-order valence-corrected chi connectivity index (χ0v) is 16.2. The highest BCUT2D eigenvalue weighted by Gasteiger charge is 2.30. The van der Waals surface area contributed by atoms with Crippen LogP contribution < -0.4 is 4.90 Å². The van der Waals surface area contributed by atoms with Crippen molar-refractivity contribution in [3.05, 3.63) is 95.2 Å².